The average Bonchev–Trinajstić information content (AvgIpc) is 2.26. The summed E-state index contributed by atoms with van der Waals surface area (Å²) in [6, 6.07) is 7.88. The number of aryl methyl sites for hydroxylation is 1. The van der Waals surface area contributed by atoms with Gasteiger partial charge in [-0.25, -0.2) is 5.48 Å². The molecule has 1 aromatic rings. The third kappa shape index (κ3) is 3.03. The molecule has 14 heavy (non-hydrogen) atoms. The molecule has 0 saturated carbocycles. The van der Waals surface area contributed by atoms with Crippen molar-refractivity contribution in [3.05, 3.63) is 41.5 Å². The van der Waals surface area contributed by atoms with Gasteiger partial charge >= 0.3 is 0 Å². The lowest BCUT2D eigenvalue weighted by atomic mass is 10.1. The summed E-state index contributed by atoms with van der Waals surface area (Å²) in [5.41, 5.74) is 3.73. The molecule has 0 spiro atoms. The lowest BCUT2D eigenvalue weighted by molar-refractivity contribution is -0.124. The Morgan fingerprint density at radius 3 is 2.57 bits per heavy atom. The van der Waals surface area contributed by atoms with Crippen LogP contribution in [0, 0.1) is 0 Å². The van der Waals surface area contributed by atoms with Crippen LogP contribution < -0.4 is 5.48 Å². The summed E-state index contributed by atoms with van der Waals surface area (Å²) < 4.78 is 0. The van der Waals surface area contributed by atoms with E-state index in [2.05, 4.69) is 6.92 Å². The van der Waals surface area contributed by atoms with Crippen LogP contribution in [0.4, 0.5) is 0 Å². The summed E-state index contributed by atoms with van der Waals surface area (Å²) in [4.78, 5) is 10.7. The van der Waals surface area contributed by atoms with Crippen molar-refractivity contribution in [3.63, 3.8) is 0 Å². The molecule has 0 fully saturated rings. The lowest BCUT2D eigenvalue weighted by Gasteiger charge is -1.96. The molecule has 0 aliphatic rings. The Kier molecular flexibility index (Phi) is 3.88. The number of hydrogen-bond acceptors (Lipinski definition) is 2. The highest BCUT2D eigenvalue weighted by Crippen LogP contribution is 2.06. The van der Waals surface area contributed by atoms with Gasteiger partial charge in [-0.3, -0.25) is 10.0 Å². The summed E-state index contributed by atoms with van der Waals surface area (Å²) in [5.74, 6) is -0.524. The third-order valence-corrected chi connectivity index (χ3v) is 1.93. The van der Waals surface area contributed by atoms with Gasteiger partial charge in [0.1, 0.15) is 0 Å². The molecule has 2 N–H and O–H groups in total. The van der Waals surface area contributed by atoms with Crippen molar-refractivity contribution in [1.29, 1.82) is 0 Å². The number of hydrogen-bond donors (Lipinski definition) is 2. The van der Waals surface area contributed by atoms with Crippen LogP contribution in [-0.4, -0.2) is 11.1 Å². The van der Waals surface area contributed by atoms with Crippen molar-refractivity contribution in [2.24, 2.45) is 0 Å². The van der Waals surface area contributed by atoms with Crippen LogP contribution >= 0.6 is 0 Å². The molecule has 0 bridgehead atoms. The predicted molar refractivity (Wildman–Crippen MR) is 54.8 cm³/mol. The minimum atomic E-state index is -0.524. The number of amides is 1. The van der Waals surface area contributed by atoms with E-state index in [0.29, 0.717) is 0 Å². The summed E-state index contributed by atoms with van der Waals surface area (Å²) in [5, 5.41) is 8.24. The van der Waals surface area contributed by atoms with Crippen molar-refractivity contribution in [2.75, 3.05) is 0 Å². The van der Waals surface area contributed by atoms with Crippen LogP contribution in [0.2, 0.25) is 0 Å². The predicted octanol–water partition coefficient (Wildman–Crippen LogP) is 1.77. The fourth-order valence-electron chi connectivity index (χ4n) is 1.07. The fourth-order valence-corrected chi connectivity index (χ4v) is 1.07. The zero-order valence-electron chi connectivity index (χ0n) is 8.03. The summed E-state index contributed by atoms with van der Waals surface area (Å²) in [6.45, 7) is 2.09. The van der Waals surface area contributed by atoms with E-state index in [-0.39, 0.29) is 0 Å². The monoisotopic (exact) mass is 191 g/mol. The quantitative estimate of drug-likeness (QED) is 0.434. The molecular formula is C11H13NO2. The van der Waals surface area contributed by atoms with E-state index in [1.54, 1.807) is 6.08 Å². The number of carbonyl (C=O) groups is 1. The number of rotatable bonds is 3. The molecule has 1 aromatic carbocycles. The van der Waals surface area contributed by atoms with Gasteiger partial charge in [-0.05, 0) is 23.6 Å². The van der Waals surface area contributed by atoms with Crippen LogP contribution in [0.3, 0.4) is 0 Å². The second-order valence-corrected chi connectivity index (χ2v) is 2.90. The second-order valence-electron chi connectivity index (χ2n) is 2.90. The Balaban J connectivity index is 2.68. The van der Waals surface area contributed by atoms with Crippen molar-refractivity contribution in [3.8, 4) is 0 Å². The smallest absolute Gasteiger partial charge is 0.267 e. The first-order chi connectivity index (χ1) is 6.76. The van der Waals surface area contributed by atoms with Crippen molar-refractivity contribution >= 4 is 12.0 Å². The van der Waals surface area contributed by atoms with Crippen molar-refractivity contribution in [1.82, 2.24) is 5.48 Å². The molecule has 0 saturated heterocycles. The van der Waals surface area contributed by atoms with E-state index in [1.165, 1.54) is 17.1 Å². The van der Waals surface area contributed by atoms with Gasteiger partial charge < -0.3 is 0 Å². The standard InChI is InChI=1S/C11H13NO2/c1-2-9-3-5-10(6-4-9)7-8-11(13)12-14/h3-8,14H,2H2,1H3,(H,12,13)/b8-7+. The van der Waals surface area contributed by atoms with Crippen LogP contribution in [0.15, 0.2) is 30.3 Å². The molecule has 0 atom stereocenters. The Hall–Kier alpha value is -1.61. The summed E-state index contributed by atoms with van der Waals surface area (Å²) in [7, 11) is 0. The van der Waals surface area contributed by atoms with Gasteiger partial charge in [-0.15, -0.1) is 0 Å². The molecular weight excluding hydrogens is 178 g/mol. The van der Waals surface area contributed by atoms with E-state index >= 15 is 0 Å². The van der Waals surface area contributed by atoms with E-state index in [0.717, 1.165) is 12.0 Å². The first kappa shape index (κ1) is 10.5. The van der Waals surface area contributed by atoms with Gasteiger partial charge in [-0.2, -0.15) is 0 Å². The van der Waals surface area contributed by atoms with Crippen LogP contribution in [0.1, 0.15) is 18.1 Å². The maximum atomic E-state index is 10.7. The first-order valence-corrected chi connectivity index (χ1v) is 4.47. The van der Waals surface area contributed by atoms with E-state index in [4.69, 9.17) is 5.21 Å². The highest BCUT2D eigenvalue weighted by molar-refractivity contribution is 5.90. The Morgan fingerprint density at radius 1 is 1.43 bits per heavy atom. The van der Waals surface area contributed by atoms with Gasteiger partial charge in [-0.1, -0.05) is 31.2 Å². The average molecular weight is 191 g/mol. The summed E-state index contributed by atoms with van der Waals surface area (Å²) in [6.07, 6.45) is 3.92. The Morgan fingerprint density at radius 2 is 2.07 bits per heavy atom. The van der Waals surface area contributed by atoms with Crippen molar-refractivity contribution in [2.45, 2.75) is 13.3 Å². The SMILES string of the molecule is CCc1ccc(/C=C/C(=O)NO)cc1. The lowest BCUT2D eigenvalue weighted by Crippen LogP contribution is -2.14. The van der Waals surface area contributed by atoms with E-state index in [1.807, 2.05) is 24.3 Å². The third-order valence-electron chi connectivity index (χ3n) is 1.93. The molecule has 3 nitrogen and oxygen atoms in total. The topological polar surface area (TPSA) is 49.3 Å². The minimum absolute atomic E-state index is 0.524. The van der Waals surface area contributed by atoms with Crippen LogP contribution in [0.5, 0.6) is 0 Å². The molecule has 0 heterocycles. The number of benzene rings is 1. The largest absolute Gasteiger partial charge is 0.288 e. The van der Waals surface area contributed by atoms with Gasteiger partial charge in [0.15, 0.2) is 0 Å². The van der Waals surface area contributed by atoms with Crippen molar-refractivity contribution < 1.29 is 10.0 Å². The van der Waals surface area contributed by atoms with Gasteiger partial charge in [0.2, 0.25) is 0 Å². The normalized spacial score (nSPS) is 10.4. The maximum Gasteiger partial charge on any atom is 0.267 e. The van der Waals surface area contributed by atoms with Crippen LogP contribution in [-0.2, 0) is 11.2 Å². The maximum absolute atomic E-state index is 10.7. The van der Waals surface area contributed by atoms with E-state index in [9.17, 15) is 4.79 Å². The van der Waals surface area contributed by atoms with Gasteiger partial charge in [0.05, 0.1) is 0 Å². The number of nitrogens with one attached hydrogen (secondary N) is 1. The molecule has 0 radical (unpaired) electrons. The molecule has 0 unspecified atom stereocenters. The minimum Gasteiger partial charge on any atom is -0.288 e. The molecule has 0 aliphatic heterocycles. The second kappa shape index (κ2) is 5.19. The number of hydroxylamine groups is 1. The van der Waals surface area contributed by atoms with Gasteiger partial charge in [0, 0.05) is 6.08 Å². The number of carbonyl (C=O) groups excluding carboxylic acids is 1. The highest BCUT2D eigenvalue weighted by Gasteiger charge is 1.91. The Labute approximate surface area is 83.0 Å². The fraction of sp³-hybridized carbons (Fsp3) is 0.182. The molecule has 1 amide bonds. The zero-order valence-corrected chi connectivity index (χ0v) is 8.03. The molecule has 74 valence electrons. The molecule has 1 rings (SSSR count). The molecule has 3 heteroatoms. The van der Waals surface area contributed by atoms with E-state index < -0.39 is 5.91 Å². The zero-order chi connectivity index (χ0) is 10.4. The van der Waals surface area contributed by atoms with Gasteiger partial charge in [0.25, 0.3) is 5.91 Å². The Bertz CT molecular complexity index is 328. The first-order valence-electron chi connectivity index (χ1n) is 4.47. The highest BCUT2D eigenvalue weighted by atomic mass is 16.5. The molecule has 0 aromatic heterocycles. The summed E-state index contributed by atoms with van der Waals surface area (Å²) >= 11 is 0. The molecule has 0 aliphatic carbocycles. The van der Waals surface area contributed by atoms with Crippen LogP contribution in [0.25, 0.3) is 6.08 Å².